The lowest BCUT2D eigenvalue weighted by atomic mass is 10.0. The molecule has 2 heterocycles. The molecule has 3 rings (SSSR count). The fourth-order valence-electron chi connectivity index (χ4n) is 3.21. The molecule has 6 nitrogen and oxygen atoms in total. The van der Waals surface area contributed by atoms with Crippen molar-refractivity contribution in [3.63, 3.8) is 0 Å². The lowest BCUT2D eigenvalue weighted by Crippen LogP contribution is -2.43. The third-order valence-electron chi connectivity index (χ3n) is 4.63. The highest BCUT2D eigenvalue weighted by atomic mass is 16.5. The molecule has 0 unspecified atom stereocenters. The van der Waals surface area contributed by atoms with Crippen molar-refractivity contribution < 1.29 is 9.53 Å². The molecule has 25 heavy (non-hydrogen) atoms. The Bertz CT molecular complexity index is 741. The summed E-state index contributed by atoms with van der Waals surface area (Å²) in [5, 5.41) is 4.18. The van der Waals surface area contributed by atoms with Crippen LogP contribution in [0.25, 0.3) is 11.1 Å². The molecule has 1 aromatic carbocycles. The van der Waals surface area contributed by atoms with Gasteiger partial charge in [0.15, 0.2) is 0 Å². The number of nitrogen functional groups attached to an aromatic ring is 1. The van der Waals surface area contributed by atoms with Gasteiger partial charge >= 0.3 is 0 Å². The Morgan fingerprint density at radius 2 is 2.28 bits per heavy atom. The second-order valence-electron chi connectivity index (χ2n) is 6.53. The fraction of sp³-hybridized carbons (Fsp3) is 0.474. The Morgan fingerprint density at radius 3 is 3.00 bits per heavy atom. The van der Waals surface area contributed by atoms with Gasteiger partial charge in [0.1, 0.15) is 5.82 Å². The SMILES string of the molecule is CCCO[C@@H]1CCCN(C(=O)c2cccc(-c3cnn(C)c3N)c2)C1. The number of carbonyl (C=O) groups is 1. The first-order valence-corrected chi connectivity index (χ1v) is 8.89. The maximum Gasteiger partial charge on any atom is 0.253 e. The molecule has 1 aliphatic rings. The minimum Gasteiger partial charge on any atom is -0.383 e. The normalized spacial score (nSPS) is 17.7. The number of piperidine rings is 1. The summed E-state index contributed by atoms with van der Waals surface area (Å²) in [6.45, 7) is 4.30. The molecule has 1 amide bonds. The van der Waals surface area contributed by atoms with Crippen LogP contribution in [0.5, 0.6) is 0 Å². The third-order valence-corrected chi connectivity index (χ3v) is 4.63. The summed E-state index contributed by atoms with van der Waals surface area (Å²) in [5.74, 6) is 0.643. The molecule has 1 atom stereocenters. The smallest absolute Gasteiger partial charge is 0.253 e. The van der Waals surface area contributed by atoms with Crippen LogP contribution in [0.15, 0.2) is 30.5 Å². The van der Waals surface area contributed by atoms with Gasteiger partial charge in [0.25, 0.3) is 5.91 Å². The summed E-state index contributed by atoms with van der Waals surface area (Å²) in [4.78, 5) is 14.8. The number of aryl methyl sites for hydroxylation is 1. The number of aromatic nitrogens is 2. The van der Waals surface area contributed by atoms with E-state index in [9.17, 15) is 4.79 Å². The molecule has 134 valence electrons. The number of rotatable bonds is 5. The first kappa shape index (κ1) is 17.5. The Balaban J connectivity index is 1.76. The molecule has 0 saturated carbocycles. The second-order valence-corrected chi connectivity index (χ2v) is 6.53. The maximum atomic E-state index is 12.9. The minimum absolute atomic E-state index is 0.0501. The summed E-state index contributed by atoms with van der Waals surface area (Å²) in [6.07, 6.45) is 4.88. The molecular weight excluding hydrogens is 316 g/mol. The van der Waals surface area contributed by atoms with Crippen molar-refractivity contribution in [3.8, 4) is 11.1 Å². The van der Waals surface area contributed by atoms with Gasteiger partial charge in [-0.1, -0.05) is 19.1 Å². The fourth-order valence-corrected chi connectivity index (χ4v) is 3.21. The van der Waals surface area contributed by atoms with E-state index in [0.29, 0.717) is 17.9 Å². The van der Waals surface area contributed by atoms with E-state index in [1.54, 1.807) is 17.9 Å². The molecule has 1 aromatic heterocycles. The number of likely N-dealkylation sites (tertiary alicyclic amines) is 1. The summed E-state index contributed by atoms with van der Waals surface area (Å²) in [7, 11) is 1.80. The number of hydrogen-bond donors (Lipinski definition) is 1. The van der Waals surface area contributed by atoms with E-state index in [2.05, 4.69) is 12.0 Å². The lowest BCUT2D eigenvalue weighted by molar-refractivity contribution is 0.00211. The van der Waals surface area contributed by atoms with Gasteiger partial charge in [-0.05, 0) is 37.0 Å². The van der Waals surface area contributed by atoms with Gasteiger partial charge in [0, 0.05) is 37.9 Å². The van der Waals surface area contributed by atoms with Crippen molar-refractivity contribution in [3.05, 3.63) is 36.0 Å². The van der Waals surface area contributed by atoms with Crippen LogP contribution in [0.2, 0.25) is 0 Å². The zero-order chi connectivity index (χ0) is 17.8. The second kappa shape index (κ2) is 7.70. The minimum atomic E-state index is 0.0501. The Kier molecular flexibility index (Phi) is 5.38. The molecule has 2 aromatic rings. The molecule has 0 bridgehead atoms. The quantitative estimate of drug-likeness (QED) is 0.907. The van der Waals surface area contributed by atoms with E-state index < -0.39 is 0 Å². The van der Waals surface area contributed by atoms with Gasteiger partial charge in [-0.15, -0.1) is 0 Å². The van der Waals surface area contributed by atoms with Crippen LogP contribution in [-0.4, -0.2) is 46.4 Å². The molecule has 6 heteroatoms. The van der Waals surface area contributed by atoms with Gasteiger partial charge in [-0.3, -0.25) is 9.48 Å². The number of carbonyl (C=O) groups excluding carboxylic acids is 1. The van der Waals surface area contributed by atoms with Crippen molar-refractivity contribution in [1.82, 2.24) is 14.7 Å². The topological polar surface area (TPSA) is 73.4 Å². The molecule has 0 aliphatic carbocycles. The van der Waals surface area contributed by atoms with Gasteiger partial charge in [0.2, 0.25) is 0 Å². The summed E-state index contributed by atoms with van der Waals surface area (Å²) in [6, 6.07) is 7.60. The number of nitrogens with zero attached hydrogens (tertiary/aromatic N) is 3. The number of benzene rings is 1. The zero-order valence-corrected chi connectivity index (χ0v) is 14.9. The van der Waals surface area contributed by atoms with Crippen molar-refractivity contribution >= 4 is 11.7 Å². The lowest BCUT2D eigenvalue weighted by Gasteiger charge is -2.32. The molecule has 2 N–H and O–H groups in total. The highest BCUT2D eigenvalue weighted by molar-refractivity contribution is 5.96. The molecular formula is C19H26N4O2. The van der Waals surface area contributed by atoms with Crippen LogP contribution in [0, 0.1) is 0 Å². The maximum absolute atomic E-state index is 12.9. The highest BCUT2D eigenvalue weighted by Crippen LogP contribution is 2.26. The first-order valence-electron chi connectivity index (χ1n) is 8.89. The van der Waals surface area contributed by atoms with E-state index in [1.165, 1.54) is 0 Å². The largest absolute Gasteiger partial charge is 0.383 e. The van der Waals surface area contributed by atoms with E-state index in [-0.39, 0.29) is 12.0 Å². The van der Waals surface area contributed by atoms with E-state index in [4.69, 9.17) is 10.5 Å². The molecule has 0 radical (unpaired) electrons. The van der Waals surface area contributed by atoms with Gasteiger partial charge < -0.3 is 15.4 Å². The first-order chi connectivity index (χ1) is 12.1. The van der Waals surface area contributed by atoms with Gasteiger partial charge in [-0.25, -0.2) is 0 Å². The number of hydrogen-bond acceptors (Lipinski definition) is 4. The van der Waals surface area contributed by atoms with Crippen molar-refractivity contribution in [2.45, 2.75) is 32.3 Å². The molecule has 1 fully saturated rings. The standard InChI is InChI=1S/C19H26N4O2/c1-3-10-25-16-8-5-9-23(13-16)19(24)15-7-4-6-14(11-15)17-12-21-22(2)18(17)20/h4,6-7,11-12,16H,3,5,8-10,13,20H2,1-2H3/t16-/m1/s1. The summed E-state index contributed by atoms with van der Waals surface area (Å²) >= 11 is 0. The van der Waals surface area contributed by atoms with Crippen molar-refractivity contribution in [2.75, 3.05) is 25.4 Å². The zero-order valence-electron chi connectivity index (χ0n) is 14.9. The number of nitrogens with two attached hydrogens (primary N) is 1. The Labute approximate surface area is 148 Å². The molecule has 1 aliphatic heterocycles. The highest BCUT2D eigenvalue weighted by Gasteiger charge is 2.25. The average Bonchev–Trinajstić information content (AvgIpc) is 2.98. The van der Waals surface area contributed by atoms with Crippen LogP contribution in [0.3, 0.4) is 0 Å². The van der Waals surface area contributed by atoms with E-state index in [1.807, 2.05) is 29.2 Å². The summed E-state index contributed by atoms with van der Waals surface area (Å²) < 4.78 is 7.47. The van der Waals surface area contributed by atoms with Crippen LogP contribution < -0.4 is 5.73 Å². The van der Waals surface area contributed by atoms with Gasteiger partial charge in [-0.2, -0.15) is 5.10 Å². The van der Waals surface area contributed by atoms with Crippen LogP contribution in [0.1, 0.15) is 36.5 Å². The Morgan fingerprint density at radius 1 is 1.44 bits per heavy atom. The van der Waals surface area contributed by atoms with Gasteiger partial charge in [0.05, 0.1) is 12.3 Å². The number of ether oxygens (including phenoxy) is 1. The van der Waals surface area contributed by atoms with Crippen LogP contribution >= 0.6 is 0 Å². The average molecular weight is 342 g/mol. The molecule has 1 saturated heterocycles. The van der Waals surface area contributed by atoms with Crippen molar-refractivity contribution in [1.29, 1.82) is 0 Å². The van der Waals surface area contributed by atoms with Crippen LogP contribution in [0.4, 0.5) is 5.82 Å². The van der Waals surface area contributed by atoms with E-state index >= 15 is 0 Å². The molecule has 0 spiro atoms. The third kappa shape index (κ3) is 3.85. The predicted octanol–water partition coefficient (Wildman–Crippen LogP) is 2.70. The van der Waals surface area contributed by atoms with Crippen LogP contribution in [-0.2, 0) is 11.8 Å². The predicted molar refractivity (Wildman–Crippen MR) is 98.2 cm³/mol. The number of amides is 1. The Hall–Kier alpha value is -2.34. The van der Waals surface area contributed by atoms with E-state index in [0.717, 1.165) is 43.5 Å². The monoisotopic (exact) mass is 342 g/mol. The van der Waals surface area contributed by atoms with Crippen molar-refractivity contribution in [2.24, 2.45) is 7.05 Å². The summed E-state index contributed by atoms with van der Waals surface area (Å²) in [5.41, 5.74) is 8.49. The number of anilines is 1.